The number of aromatic nitrogens is 1. The molecule has 0 bridgehead atoms. The van der Waals surface area contributed by atoms with E-state index >= 15 is 0 Å². The number of piperazine rings is 1. The summed E-state index contributed by atoms with van der Waals surface area (Å²) in [5, 5.41) is 6.40. The largest absolute Gasteiger partial charge is 0.360 e. The number of amides is 2. The Labute approximate surface area is 147 Å². The molecule has 2 rings (SSSR count). The van der Waals surface area contributed by atoms with Gasteiger partial charge >= 0.3 is 0 Å². The lowest BCUT2D eigenvalue weighted by molar-refractivity contribution is -0.132. The third kappa shape index (κ3) is 6.74. The van der Waals surface area contributed by atoms with E-state index in [1.807, 2.05) is 4.90 Å². The molecule has 1 aliphatic rings. The number of hydrogen-bond donors (Lipinski definition) is 2. The number of nitrogens with zero attached hydrogens (tertiary/aromatic N) is 3. The third-order valence-electron chi connectivity index (χ3n) is 3.35. The summed E-state index contributed by atoms with van der Waals surface area (Å²) in [7, 11) is 0. The molecule has 23 heavy (non-hydrogen) atoms. The van der Waals surface area contributed by atoms with Gasteiger partial charge in [-0.15, -0.1) is 24.8 Å². The van der Waals surface area contributed by atoms with Crippen molar-refractivity contribution in [3.8, 4) is 0 Å². The zero-order valence-electron chi connectivity index (χ0n) is 13.0. The molecule has 132 valence electrons. The van der Waals surface area contributed by atoms with Crippen LogP contribution in [0.1, 0.15) is 12.2 Å². The Balaban J connectivity index is 0.00000242. The second-order valence-electron chi connectivity index (χ2n) is 5.07. The van der Waals surface area contributed by atoms with Crippen LogP contribution < -0.4 is 11.1 Å². The minimum Gasteiger partial charge on any atom is -0.360 e. The number of nitrogens with two attached hydrogens (primary N) is 1. The summed E-state index contributed by atoms with van der Waals surface area (Å²) < 4.78 is 4.89. The fourth-order valence-corrected chi connectivity index (χ4v) is 2.25. The average molecular weight is 368 g/mol. The second-order valence-corrected chi connectivity index (χ2v) is 5.07. The lowest BCUT2D eigenvalue weighted by Gasteiger charge is -2.34. The number of nitrogens with one attached hydrogen (secondary N) is 1. The number of carbonyl (C=O) groups is 2. The van der Waals surface area contributed by atoms with Gasteiger partial charge in [0.15, 0.2) is 5.82 Å². The molecule has 8 nitrogen and oxygen atoms in total. The Morgan fingerprint density at radius 2 is 1.96 bits per heavy atom. The summed E-state index contributed by atoms with van der Waals surface area (Å²) >= 11 is 0. The topological polar surface area (TPSA) is 105 Å². The van der Waals surface area contributed by atoms with Gasteiger partial charge in [0, 0.05) is 45.2 Å². The molecule has 1 aromatic heterocycles. The van der Waals surface area contributed by atoms with Crippen LogP contribution >= 0.6 is 24.8 Å². The van der Waals surface area contributed by atoms with E-state index < -0.39 is 0 Å². The Kier molecular flexibility index (Phi) is 9.82. The Hall–Kier alpha value is -1.35. The van der Waals surface area contributed by atoms with Crippen molar-refractivity contribution in [1.82, 2.24) is 15.0 Å². The van der Waals surface area contributed by atoms with Crippen LogP contribution in [0.25, 0.3) is 0 Å². The molecular weight excluding hydrogens is 345 g/mol. The maximum absolute atomic E-state index is 11.9. The molecule has 1 aliphatic heterocycles. The maximum atomic E-state index is 11.9. The van der Waals surface area contributed by atoms with Gasteiger partial charge in [-0.25, -0.2) is 0 Å². The van der Waals surface area contributed by atoms with Gasteiger partial charge in [0.1, 0.15) is 5.76 Å². The maximum Gasteiger partial charge on any atom is 0.239 e. The highest BCUT2D eigenvalue weighted by Crippen LogP contribution is 2.08. The average Bonchev–Trinajstić information content (AvgIpc) is 2.85. The van der Waals surface area contributed by atoms with Crippen molar-refractivity contribution in [3.63, 3.8) is 0 Å². The lowest BCUT2D eigenvalue weighted by Crippen LogP contribution is -2.50. The molecule has 1 fully saturated rings. The van der Waals surface area contributed by atoms with Crippen LogP contribution in [0.5, 0.6) is 0 Å². The minimum absolute atomic E-state index is 0. The molecule has 2 heterocycles. The van der Waals surface area contributed by atoms with Gasteiger partial charge in [0.25, 0.3) is 0 Å². The highest BCUT2D eigenvalue weighted by Gasteiger charge is 2.22. The molecule has 0 spiro atoms. The second kappa shape index (κ2) is 10.4. The van der Waals surface area contributed by atoms with Gasteiger partial charge in [-0.05, 0) is 6.92 Å². The fraction of sp³-hybridized carbons (Fsp3) is 0.615. The van der Waals surface area contributed by atoms with E-state index in [-0.39, 0.29) is 43.2 Å². The van der Waals surface area contributed by atoms with Gasteiger partial charge in [-0.3, -0.25) is 14.5 Å². The zero-order chi connectivity index (χ0) is 15.2. The smallest absolute Gasteiger partial charge is 0.239 e. The Morgan fingerprint density at radius 1 is 1.30 bits per heavy atom. The molecule has 2 amide bonds. The number of rotatable bonds is 5. The van der Waals surface area contributed by atoms with E-state index in [1.54, 1.807) is 17.9 Å². The van der Waals surface area contributed by atoms with Crippen molar-refractivity contribution in [2.24, 2.45) is 5.73 Å². The van der Waals surface area contributed by atoms with E-state index in [0.717, 1.165) is 0 Å². The summed E-state index contributed by atoms with van der Waals surface area (Å²) in [6.45, 7) is 5.05. The Morgan fingerprint density at radius 3 is 2.48 bits per heavy atom. The minimum atomic E-state index is -0.134. The van der Waals surface area contributed by atoms with Gasteiger partial charge in [0.2, 0.25) is 11.8 Å². The van der Waals surface area contributed by atoms with Crippen LogP contribution in [0.15, 0.2) is 10.6 Å². The van der Waals surface area contributed by atoms with Crippen LogP contribution in [-0.2, 0) is 9.59 Å². The van der Waals surface area contributed by atoms with Crippen LogP contribution in [0.2, 0.25) is 0 Å². The number of halogens is 2. The van der Waals surface area contributed by atoms with Crippen molar-refractivity contribution in [3.05, 3.63) is 11.8 Å². The summed E-state index contributed by atoms with van der Waals surface area (Å²) in [4.78, 5) is 27.4. The Bertz CT molecular complexity index is 504. The predicted molar refractivity (Wildman–Crippen MR) is 91.1 cm³/mol. The molecule has 0 atom stereocenters. The first-order valence-electron chi connectivity index (χ1n) is 7.02. The standard InChI is InChI=1S/C13H21N5O3.2ClH/c1-10-8-11(16-21-10)15-12(19)9-17-4-6-18(7-5-17)13(20)2-3-14;;/h8H,2-7,9,14H2,1H3,(H,15,16,19);2*1H. The quantitative estimate of drug-likeness (QED) is 0.773. The van der Waals surface area contributed by atoms with Gasteiger partial charge in [0.05, 0.1) is 6.54 Å². The van der Waals surface area contributed by atoms with Gasteiger partial charge < -0.3 is 20.5 Å². The molecular formula is C13H23Cl2N5O3. The summed E-state index contributed by atoms with van der Waals surface area (Å²) in [6.07, 6.45) is 0.381. The van der Waals surface area contributed by atoms with Crippen LogP contribution in [0, 0.1) is 6.92 Å². The van der Waals surface area contributed by atoms with E-state index in [0.29, 0.717) is 50.7 Å². The van der Waals surface area contributed by atoms with Gasteiger partial charge in [-0.2, -0.15) is 0 Å². The SMILES string of the molecule is Cc1cc(NC(=O)CN2CCN(C(=O)CCN)CC2)no1.Cl.Cl. The summed E-state index contributed by atoms with van der Waals surface area (Å²) in [5.74, 6) is 1.02. The number of aryl methyl sites for hydroxylation is 1. The number of carbonyl (C=O) groups excluding carboxylic acids is 2. The van der Waals surface area contributed by atoms with Crippen molar-refractivity contribution in [2.45, 2.75) is 13.3 Å². The molecule has 3 N–H and O–H groups in total. The number of anilines is 1. The number of hydrogen-bond acceptors (Lipinski definition) is 6. The lowest BCUT2D eigenvalue weighted by atomic mass is 10.2. The normalized spacial score (nSPS) is 14.6. The molecule has 0 aromatic carbocycles. The van der Waals surface area contributed by atoms with Crippen LogP contribution in [0.4, 0.5) is 5.82 Å². The molecule has 0 radical (unpaired) electrons. The van der Waals surface area contributed by atoms with E-state index in [2.05, 4.69) is 10.5 Å². The molecule has 0 aliphatic carbocycles. The van der Waals surface area contributed by atoms with Crippen LogP contribution in [0.3, 0.4) is 0 Å². The fourth-order valence-electron chi connectivity index (χ4n) is 2.25. The third-order valence-corrected chi connectivity index (χ3v) is 3.35. The zero-order valence-corrected chi connectivity index (χ0v) is 14.6. The van der Waals surface area contributed by atoms with Crippen molar-refractivity contribution in [2.75, 3.05) is 44.6 Å². The molecule has 1 aromatic rings. The van der Waals surface area contributed by atoms with E-state index in [9.17, 15) is 9.59 Å². The molecule has 0 saturated carbocycles. The summed E-state index contributed by atoms with van der Waals surface area (Å²) in [6, 6.07) is 1.67. The predicted octanol–water partition coefficient (Wildman–Crippen LogP) is 0.258. The first-order chi connectivity index (χ1) is 10.1. The van der Waals surface area contributed by atoms with Gasteiger partial charge in [-0.1, -0.05) is 5.16 Å². The van der Waals surface area contributed by atoms with Crippen molar-refractivity contribution in [1.29, 1.82) is 0 Å². The van der Waals surface area contributed by atoms with Crippen molar-refractivity contribution < 1.29 is 14.1 Å². The highest BCUT2D eigenvalue weighted by molar-refractivity contribution is 5.91. The molecule has 0 unspecified atom stereocenters. The highest BCUT2D eigenvalue weighted by atomic mass is 35.5. The van der Waals surface area contributed by atoms with Crippen LogP contribution in [-0.4, -0.2) is 66.0 Å². The first kappa shape index (κ1) is 21.6. The molecule has 10 heteroatoms. The van der Waals surface area contributed by atoms with E-state index in [1.165, 1.54) is 0 Å². The summed E-state index contributed by atoms with van der Waals surface area (Å²) in [5.41, 5.74) is 5.38. The monoisotopic (exact) mass is 367 g/mol. The van der Waals surface area contributed by atoms with E-state index in [4.69, 9.17) is 10.3 Å². The molecule has 1 saturated heterocycles. The van der Waals surface area contributed by atoms with Crippen molar-refractivity contribution >= 4 is 42.4 Å². The first-order valence-corrected chi connectivity index (χ1v) is 7.02.